The van der Waals surface area contributed by atoms with Crippen LogP contribution < -0.4 is 5.73 Å². The van der Waals surface area contributed by atoms with Crippen LogP contribution in [0.15, 0.2) is 12.2 Å². The van der Waals surface area contributed by atoms with Gasteiger partial charge in [-0.3, -0.25) is 0 Å². The molecular formula is C9H17NO5. The van der Waals surface area contributed by atoms with Gasteiger partial charge in [-0.15, -0.1) is 0 Å². The van der Waals surface area contributed by atoms with Crippen molar-refractivity contribution in [3.8, 4) is 0 Å². The van der Waals surface area contributed by atoms with Crippen LogP contribution in [-0.4, -0.2) is 39.4 Å². The largest absolute Gasteiger partial charge is 0.478 e. The summed E-state index contributed by atoms with van der Waals surface area (Å²) in [4.78, 5) is 19.1. The van der Waals surface area contributed by atoms with Crippen LogP contribution in [0.1, 0.15) is 20.3 Å². The van der Waals surface area contributed by atoms with Crippen LogP contribution in [0.4, 0.5) is 0 Å². The summed E-state index contributed by atoms with van der Waals surface area (Å²) in [6.45, 7) is 4.06. The van der Waals surface area contributed by atoms with Crippen molar-refractivity contribution >= 4 is 11.9 Å². The predicted molar refractivity (Wildman–Crippen MR) is 54.4 cm³/mol. The average Bonchev–Trinajstić information content (AvgIpc) is 1.99. The first-order chi connectivity index (χ1) is 6.69. The van der Waals surface area contributed by atoms with Gasteiger partial charge >= 0.3 is 11.9 Å². The highest BCUT2D eigenvalue weighted by atomic mass is 16.4. The molecule has 15 heavy (non-hydrogen) atoms. The number of carbonyl (C=O) groups is 2. The summed E-state index contributed by atoms with van der Waals surface area (Å²) in [5.41, 5.74) is 4.58. The fourth-order valence-electron chi connectivity index (χ4n) is 0.496. The van der Waals surface area contributed by atoms with E-state index in [1.54, 1.807) is 13.8 Å². The minimum absolute atomic E-state index is 0.558. The van der Waals surface area contributed by atoms with Gasteiger partial charge in [-0.25, -0.2) is 9.59 Å². The highest BCUT2D eigenvalue weighted by molar-refractivity contribution is 5.89. The molecule has 0 aliphatic rings. The third-order valence-corrected chi connectivity index (χ3v) is 1.12. The zero-order valence-corrected chi connectivity index (χ0v) is 8.80. The molecule has 0 atom stereocenters. The Morgan fingerprint density at radius 1 is 1.20 bits per heavy atom. The second kappa shape index (κ2) is 7.95. The van der Waals surface area contributed by atoms with Crippen molar-refractivity contribution in [2.24, 2.45) is 5.73 Å². The molecule has 88 valence electrons. The highest BCUT2D eigenvalue weighted by Gasteiger charge is 2.08. The van der Waals surface area contributed by atoms with Crippen molar-refractivity contribution in [1.82, 2.24) is 0 Å². The van der Waals surface area contributed by atoms with E-state index in [9.17, 15) is 9.59 Å². The predicted octanol–water partition coefficient (Wildman–Crippen LogP) is -0.182. The zero-order valence-electron chi connectivity index (χ0n) is 8.80. The van der Waals surface area contributed by atoms with Crippen molar-refractivity contribution in [2.45, 2.75) is 25.9 Å². The van der Waals surface area contributed by atoms with Crippen LogP contribution in [0.5, 0.6) is 0 Å². The number of hydrogen-bond donors (Lipinski definition) is 4. The van der Waals surface area contributed by atoms with E-state index >= 15 is 0 Å². The van der Waals surface area contributed by atoms with Crippen LogP contribution >= 0.6 is 0 Å². The molecule has 6 heteroatoms. The molecule has 0 amide bonds. The number of aliphatic hydroxyl groups is 1. The Balaban J connectivity index is 0. The molecule has 0 bridgehead atoms. The van der Waals surface area contributed by atoms with E-state index in [2.05, 4.69) is 0 Å². The third-order valence-electron chi connectivity index (χ3n) is 1.12. The molecule has 0 aromatic carbocycles. The highest BCUT2D eigenvalue weighted by Crippen LogP contribution is 2.03. The molecule has 0 rings (SSSR count). The molecule has 0 aliphatic carbocycles. The smallest absolute Gasteiger partial charge is 0.328 e. The minimum Gasteiger partial charge on any atom is -0.478 e. The number of carboxylic acid groups (broad SMARTS) is 2. The van der Waals surface area contributed by atoms with E-state index in [4.69, 9.17) is 21.1 Å². The van der Waals surface area contributed by atoms with Crippen molar-refractivity contribution in [2.75, 3.05) is 6.54 Å². The molecular weight excluding hydrogens is 202 g/mol. The molecule has 0 radical (unpaired) electrons. The van der Waals surface area contributed by atoms with Crippen LogP contribution in [-0.2, 0) is 9.59 Å². The summed E-state index contributed by atoms with van der Waals surface area (Å²) in [5.74, 6) is -2.51. The van der Waals surface area contributed by atoms with Gasteiger partial charge in [-0.05, 0) is 26.8 Å². The molecule has 0 aromatic heterocycles. The van der Waals surface area contributed by atoms with Crippen molar-refractivity contribution in [1.29, 1.82) is 0 Å². The number of hydrogen-bond acceptors (Lipinski definition) is 4. The standard InChI is InChI=1S/C5H13NO.C4H4O4/c1-5(2,7)3-4-6;5-3(6)1-2-4(7)8/h7H,3-4,6H2,1-2H3;1-2H,(H,5,6)(H,7,8). The van der Waals surface area contributed by atoms with E-state index in [0.29, 0.717) is 25.1 Å². The average molecular weight is 219 g/mol. The first-order valence-corrected chi connectivity index (χ1v) is 4.25. The monoisotopic (exact) mass is 219 g/mol. The van der Waals surface area contributed by atoms with E-state index in [1.807, 2.05) is 0 Å². The molecule has 0 spiro atoms. The molecule has 0 saturated heterocycles. The first-order valence-electron chi connectivity index (χ1n) is 4.25. The van der Waals surface area contributed by atoms with Gasteiger partial charge in [0, 0.05) is 12.2 Å². The molecule has 5 N–H and O–H groups in total. The van der Waals surface area contributed by atoms with Gasteiger partial charge in [-0.1, -0.05) is 0 Å². The summed E-state index contributed by atoms with van der Waals surface area (Å²) in [5, 5.41) is 24.6. The quantitative estimate of drug-likeness (QED) is 0.486. The van der Waals surface area contributed by atoms with Gasteiger partial charge in [-0.2, -0.15) is 0 Å². The lowest BCUT2D eigenvalue weighted by atomic mass is 10.1. The van der Waals surface area contributed by atoms with Crippen LogP contribution in [0.2, 0.25) is 0 Å². The van der Waals surface area contributed by atoms with Crippen molar-refractivity contribution in [3.63, 3.8) is 0 Å². The number of aliphatic carboxylic acids is 2. The lowest BCUT2D eigenvalue weighted by molar-refractivity contribution is -0.134. The summed E-state index contributed by atoms with van der Waals surface area (Å²) < 4.78 is 0. The summed E-state index contributed by atoms with van der Waals surface area (Å²) in [6, 6.07) is 0. The molecule has 0 fully saturated rings. The van der Waals surface area contributed by atoms with E-state index in [1.165, 1.54) is 0 Å². The van der Waals surface area contributed by atoms with Crippen LogP contribution in [0, 0.1) is 0 Å². The Kier molecular flexibility index (Phi) is 8.51. The van der Waals surface area contributed by atoms with Gasteiger partial charge in [0.25, 0.3) is 0 Å². The Bertz CT molecular complexity index is 213. The van der Waals surface area contributed by atoms with Gasteiger partial charge in [0.2, 0.25) is 0 Å². The number of rotatable bonds is 4. The second-order valence-electron chi connectivity index (χ2n) is 3.36. The van der Waals surface area contributed by atoms with Gasteiger partial charge in [0.15, 0.2) is 0 Å². The molecule has 0 saturated carbocycles. The fourth-order valence-corrected chi connectivity index (χ4v) is 0.496. The van der Waals surface area contributed by atoms with E-state index in [-0.39, 0.29) is 0 Å². The van der Waals surface area contributed by atoms with E-state index < -0.39 is 17.5 Å². The maximum atomic E-state index is 9.55. The fraction of sp³-hybridized carbons (Fsp3) is 0.556. The van der Waals surface area contributed by atoms with Gasteiger partial charge < -0.3 is 21.1 Å². The lowest BCUT2D eigenvalue weighted by Gasteiger charge is -2.13. The van der Waals surface area contributed by atoms with Crippen molar-refractivity contribution < 1.29 is 24.9 Å². The van der Waals surface area contributed by atoms with E-state index in [0.717, 1.165) is 0 Å². The SMILES string of the molecule is CC(C)(O)CCN.O=C(O)C=CC(=O)O. The molecule has 0 aliphatic heterocycles. The minimum atomic E-state index is -1.26. The van der Waals surface area contributed by atoms with Crippen molar-refractivity contribution in [3.05, 3.63) is 12.2 Å². The van der Waals surface area contributed by atoms with Gasteiger partial charge in [0.05, 0.1) is 5.60 Å². The maximum Gasteiger partial charge on any atom is 0.328 e. The Hall–Kier alpha value is -1.40. The lowest BCUT2D eigenvalue weighted by Crippen LogP contribution is -2.22. The molecule has 0 heterocycles. The molecule has 0 unspecified atom stereocenters. The summed E-state index contributed by atoms with van der Waals surface area (Å²) in [6.07, 6.45) is 1.79. The maximum absolute atomic E-state index is 9.55. The number of nitrogens with two attached hydrogens (primary N) is 1. The zero-order chi connectivity index (χ0) is 12.5. The summed E-state index contributed by atoms with van der Waals surface area (Å²) >= 11 is 0. The third kappa shape index (κ3) is 24.5. The van der Waals surface area contributed by atoms with Crippen LogP contribution in [0.25, 0.3) is 0 Å². The second-order valence-corrected chi connectivity index (χ2v) is 3.36. The topological polar surface area (TPSA) is 121 Å². The normalized spacial score (nSPS) is 10.7. The Morgan fingerprint density at radius 3 is 1.60 bits per heavy atom. The van der Waals surface area contributed by atoms with Crippen LogP contribution in [0.3, 0.4) is 0 Å². The Labute approximate surface area is 88.0 Å². The first kappa shape index (κ1) is 16.0. The molecule has 0 aromatic rings. The summed E-state index contributed by atoms with van der Waals surface area (Å²) in [7, 11) is 0. The Morgan fingerprint density at radius 2 is 1.53 bits per heavy atom. The molecule has 6 nitrogen and oxygen atoms in total. The van der Waals surface area contributed by atoms with Gasteiger partial charge in [0.1, 0.15) is 0 Å². The number of carboxylic acids is 2.